The van der Waals surface area contributed by atoms with Crippen molar-refractivity contribution in [3.8, 4) is 0 Å². The number of piperidine rings is 1. The molecule has 1 aromatic rings. The standard InChI is InChI=1S/C16H24ClNO/c1-12-7-9-18(11-13(12)2)10-8-16(19)14-5-3-4-6-15(14)17/h3-6,12-13,16,19H,7-11H2,1-2H3. The highest BCUT2D eigenvalue weighted by atomic mass is 35.5. The normalized spacial score (nSPS) is 26.3. The molecule has 0 aromatic heterocycles. The Morgan fingerprint density at radius 2 is 2.05 bits per heavy atom. The first-order chi connectivity index (χ1) is 9.08. The fourth-order valence-corrected chi connectivity index (χ4v) is 3.02. The van der Waals surface area contributed by atoms with Crippen molar-refractivity contribution in [2.75, 3.05) is 19.6 Å². The Morgan fingerprint density at radius 3 is 2.74 bits per heavy atom. The third-order valence-electron chi connectivity index (χ3n) is 4.40. The van der Waals surface area contributed by atoms with E-state index in [4.69, 9.17) is 11.6 Å². The van der Waals surface area contributed by atoms with Crippen molar-refractivity contribution in [1.29, 1.82) is 0 Å². The number of aliphatic hydroxyl groups is 1. The summed E-state index contributed by atoms with van der Waals surface area (Å²) < 4.78 is 0. The Morgan fingerprint density at radius 1 is 1.32 bits per heavy atom. The molecule has 0 saturated carbocycles. The lowest BCUT2D eigenvalue weighted by Gasteiger charge is -2.35. The highest BCUT2D eigenvalue weighted by Gasteiger charge is 2.23. The predicted octanol–water partition coefficient (Wildman–Crippen LogP) is 3.74. The fourth-order valence-electron chi connectivity index (χ4n) is 2.76. The van der Waals surface area contributed by atoms with E-state index >= 15 is 0 Å². The van der Waals surface area contributed by atoms with Crippen LogP contribution in [0.25, 0.3) is 0 Å². The zero-order valence-corrected chi connectivity index (χ0v) is 12.6. The van der Waals surface area contributed by atoms with E-state index < -0.39 is 6.10 Å². The minimum absolute atomic E-state index is 0.455. The largest absolute Gasteiger partial charge is 0.388 e. The van der Waals surface area contributed by atoms with Crippen LogP contribution in [0, 0.1) is 11.8 Å². The quantitative estimate of drug-likeness (QED) is 0.909. The molecule has 1 fully saturated rings. The van der Waals surface area contributed by atoms with Crippen LogP contribution < -0.4 is 0 Å². The van der Waals surface area contributed by atoms with Crippen LogP contribution >= 0.6 is 11.6 Å². The van der Waals surface area contributed by atoms with Gasteiger partial charge in [-0.2, -0.15) is 0 Å². The van der Waals surface area contributed by atoms with E-state index in [0.717, 1.165) is 43.5 Å². The van der Waals surface area contributed by atoms with Crippen LogP contribution in [0.4, 0.5) is 0 Å². The lowest BCUT2D eigenvalue weighted by molar-refractivity contribution is 0.103. The summed E-state index contributed by atoms with van der Waals surface area (Å²) >= 11 is 6.11. The summed E-state index contributed by atoms with van der Waals surface area (Å²) in [7, 11) is 0. The number of benzene rings is 1. The van der Waals surface area contributed by atoms with E-state index in [2.05, 4.69) is 18.7 Å². The number of likely N-dealkylation sites (tertiary alicyclic amines) is 1. The smallest absolute Gasteiger partial charge is 0.0816 e. The van der Waals surface area contributed by atoms with E-state index in [1.54, 1.807) is 0 Å². The molecule has 1 heterocycles. The van der Waals surface area contributed by atoms with E-state index in [1.807, 2.05) is 24.3 Å². The number of hydrogen-bond donors (Lipinski definition) is 1. The van der Waals surface area contributed by atoms with Crippen LogP contribution in [-0.2, 0) is 0 Å². The molecule has 1 N–H and O–H groups in total. The van der Waals surface area contributed by atoms with Gasteiger partial charge in [0.1, 0.15) is 0 Å². The average molecular weight is 282 g/mol. The van der Waals surface area contributed by atoms with Gasteiger partial charge in [0.05, 0.1) is 6.10 Å². The minimum Gasteiger partial charge on any atom is -0.388 e. The fraction of sp³-hybridized carbons (Fsp3) is 0.625. The maximum absolute atomic E-state index is 10.2. The molecule has 19 heavy (non-hydrogen) atoms. The lowest BCUT2D eigenvalue weighted by atomic mass is 9.88. The number of rotatable bonds is 4. The van der Waals surface area contributed by atoms with Crippen molar-refractivity contribution in [2.24, 2.45) is 11.8 Å². The monoisotopic (exact) mass is 281 g/mol. The molecule has 0 bridgehead atoms. The molecule has 1 aromatic carbocycles. The molecule has 106 valence electrons. The van der Waals surface area contributed by atoms with E-state index in [1.165, 1.54) is 6.42 Å². The van der Waals surface area contributed by atoms with Gasteiger partial charge in [-0.05, 0) is 42.9 Å². The van der Waals surface area contributed by atoms with Gasteiger partial charge in [-0.1, -0.05) is 43.6 Å². The molecular formula is C16H24ClNO. The summed E-state index contributed by atoms with van der Waals surface area (Å²) in [5.74, 6) is 1.58. The molecule has 1 aliphatic heterocycles. The first-order valence-electron chi connectivity index (χ1n) is 7.22. The van der Waals surface area contributed by atoms with Gasteiger partial charge >= 0.3 is 0 Å². The average Bonchev–Trinajstić information content (AvgIpc) is 2.40. The van der Waals surface area contributed by atoms with Crippen molar-refractivity contribution in [2.45, 2.75) is 32.8 Å². The summed E-state index contributed by atoms with van der Waals surface area (Å²) in [5, 5.41) is 10.9. The second kappa shape index (κ2) is 6.74. The summed E-state index contributed by atoms with van der Waals surface area (Å²) in [4.78, 5) is 2.46. The molecular weight excluding hydrogens is 258 g/mol. The van der Waals surface area contributed by atoms with Crippen molar-refractivity contribution in [3.63, 3.8) is 0 Å². The lowest BCUT2D eigenvalue weighted by Crippen LogP contribution is -2.39. The van der Waals surface area contributed by atoms with E-state index in [0.29, 0.717) is 5.02 Å². The van der Waals surface area contributed by atoms with Crippen LogP contribution in [0.2, 0.25) is 5.02 Å². The van der Waals surface area contributed by atoms with Crippen LogP contribution in [-0.4, -0.2) is 29.6 Å². The third-order valence-corrected chi connectivity index (χ3v) is 4.75. The van der Waals surface area contributed by atoms with Crippen LogP contribution in [0.3, 0.4) is 0 Å². The number of hydrogen-bond acceptors (Lipinski definition) is 2. The van der Waals surface area contributed by atoms with Crippen molar-refractivity contribution in [1.82, 2.24) is 4.90 Å². The Bertz CT molecular complexity index is 409. The minimum atomic E-state index is -0.455. The van der Waals surface area contributed by atoms with Crippen LogP contribution in [0.5, 0.6) is 0 Å². The molecule has 2 rings (SSSR count). The van der Waals surface area contributed by atoms with E-state index in [9.17, 15) is 5.11 Å². The predicted molar refractivity (Wildman–Crippen MR) is 80.4 cm³/mol. The Labute approximate surface area is 121 Å². The molecule has 0 aliphatic carbocycles. The highest BCUT2D eigenvalue weighted by molar-refractivity contribution is 6.31. The molecule has 1 saturated heterocycles. The maximum atomic E-state index is 10.2. The molecule has 3 unspecified atom stereocenters. The third kappa shape index (κ3) is 3.95. The van der Waals surface area contributed by atoms with Crippen molar-refractivity contribution >= 4 is 11.6 Å². The van der Waals surface area contributed by atoms with Gasteiger partial charge in [0.15, 0.2) is 0 Å². The first kappa shape index (κ1) is 14.8. The summed E-state index contributed by atoms with van der Waals surface area (Å²) in [5.41, 5.74) is 0.850. The molecule has 0 spiro atoms. The molecule has 1 aliphatic rings. The second-order valence-corrected chi connectivity index (χ2v) is 6.28. The zero-order chi connectivity index (χ0) is 13.8. The number of nitrogens with zero attached hydrogens (tertiary/aromatic N) is 1. The Hall–Kier alpha value is -0.570. The van der Waals surface area contributed by atoms with Gasteiger partial charge in [-0.3, -0.25) is 0 Å². The van der Waals surface area contributed by atoms with Gasteiger partial charge in [0.2, 0.25) is 0 Å². The summed E-state index contributed by atoms with van der Waals surface area (Å²) in [6, 6.07) is 7.57. The second-order valence-electron chi connectivity index (χ2n) is 5.87. The number of halogens is 1. The van der Waals surface area contributed by atoms with Gasteiger partial charge < -0.3 is 10.0 Å². The molecule has 3 heteroatoms. The van der Waals surface area contributed by atoms with Crippen molar-refractivity contribution < 1.29 is 5.11 Å². The van der Waals surface area contributed by atoms with E-state index in [-0.39, 0.29) is 0 Å². The Kier molecular flexibility index (Phi) is 5.26. The van der Waals surface area contributed by atoms with Crippen LogP contribution in [0.1, 0.15) is 38.4 Å². The molecule has 2 nitrogen and oxygen atoms in total. The zero-order valence-electron chi connectivity index (χ0n) is 11.8. The SMILES string of the molecule is CC1CCN(CCC(O)c2ccccc2Cl)CC1C. The molecule has 0 radical (unpaired) electrons. The molecule has 0 amide bonds. The number of aliphatic hydroxyl groups excluding tert-OH is 1. The summed E-state index contributed by atoms with van der Waals surface area (Å²) in [6.45, 7) is 7.91. The van der Waals surface area contributed by atoms with Gasteiger partial charge in [-0.25, -0.2) is 0 Å². The van der Waals surface area contributed by atoms with Gasteiger partial charge in [-0.15, -0.1) is 0 Å². The van der Waals surface area contributed by atoms with Crippen molar-refractivity contribution in [3.05, 3.63) is 34.9 Å². The topological polar surface area (TPSA) is 23.5 Å². The summed E-state index contributed by atoms with van der Waals surface area (Å²) in [6.07, 6.45) is 1.57. The van der Waals surface area contributed by atoms with Crippen LogP contribution in [0.15, 0.2) is 24.3 Å². The van der Waals surface area contributed by atoms with Gasteiger partial charge in [0, 0.05) is 18.1 Å². The highest BCUT2D eigenvalue weighted by Crippen LogP contribution is 2.27. The van der Waals surface area contributed by atoms with Gasteiger partial charge in [0.25, 0.3) is 0 Å². The molecule has 3 atom stereocenters. The Balaban J connectivity index is 1.84. The first-order valence-corrected chi connectivity index (χ1v) is 7.60. The maximum Gasteiger partial charge on any atom is 0.0816 e.